The Morgan fingerprint density at radius 2 is 1.68 bits per heavy atom. The third kappa shape index (κ3) is 1.87. The molecule has 0 amide bonds. The fourth-order valence-electron chi connectivity index (χ4n) is 3.45. The second kappa shape index (κ2) is 5.54. The molecule has 3 rings (SSSR count). The van der Waals surface area contributed by atoms with Crippen molar-refractivity contribution in [1.29, 1.82) is 0 Å². The number of nitrogens with two attached hydrogens (primary N) is 1. The summed E-state index contributed by atoms with van der Waals surface area (Å²) in [7, 11) is 4.92. The molecular weight excluding hydrogens is 278 g/mol. The highest BCUT2D eigenvalue weighted by Gasteiger charge is 2.34. The van der Waals surface area contributed by atoms with Gasteiger partial charge in [-0.1, -0.05) is 18.2 Å². The number of hydrogen-bond acceptors (Lipinski definition) is 4. The predicted molar refractivity (Wildman–Crippen MR) is 87.2 cm³/mol. The van der Waals surface area contributed by atoms with E-state index >= 15 is 0 Å². The zero-order valence-corrected chi connectivity index (χ0v) is 13.4. The molecule has 1 aliphatic rings. The predicted octanol–water partition coefficient (Wildman–Crippen LogP) is 3.09. The Morgan fingerprint density at radius 3 is 2.27 bits per heavy atom. The van der Waals surface area contributed by atoms with Gasteiger partial charge in [0.1, 0.15) is 0 Å². The lowest BCUT2D eigenvalue weighted by Gasteiger charge is -2.18. The topological polar surface area (TPSA) is 53.7 Å². The van der Waals surface area contributed by atoms with Crippen molar-refractivity contribution in [3.05, 3.63) is 41.0 Å². The summed E-state index contributed by atoms with van der Waals surface area (Å²) in [6, 6.07) is 8.34. The molecule has 2 aromatic rings. The summed E-state index contributed by atoms with van der Waals surface area (Å²) in [5.74, 6) is 2.15. The smallest absolute Gasteiger partial charge is 0.203 e. The molecule has 0 saturated carbocycles. The third-order valence-corrected chi connectivity index (χ3v) is 4.40. The van der Waals surface area contributed by atoms with Crippen molar-refractivity contribution in [2.24, 2.45) is 5.73 Å². The van der Waals surface area contributed by atoms with Crippen LogP contribution in [-0.4, -0.2) is 27.9 Å². The summed E-state index contributed by atoms with van der Waals surface area (Å²) in [4.78, 5) is 0. The number of rotatable bonds is 4. The Balaban J connectivity index is 2.41. The normalized spacial score (nSPS) is 15.2. The number of aryl methyl sites for hydroxylation is 1. The van der Waals surface area contributed by atoms with Gasteiger partial charge in [-0.25, -0.2) is 0 Å². The van der Waals surface area contributed by atoms with E-state index in [1.165, 1.54) is 16.7 Å². The highest BCUT2D eigenvalue weighted by atomic mass is 16.5. The van der Waals surface area contributed by atoms with Crippen molar-refractivity contribution in [3.63, 3.8) is 0 Å². The minimum atomic E-state index is 0.151. The van der Waals surface area contributed by atoms with Crippen LogP contribution in [-0.2, 0) is 0 Å². The average molecular weight is 299 g/mol. The van der Waals surface area contributed by atoms with E-state index < -0.39 is 0 Å². The van der Waals surface area contributed by atoms with Crippen LogP contribution in [0.1, 0.15) is 22.6 Å². The van der Waals surface area contributed by atoms with Crippen LogP contribution in [0.3, 0.4) is 0 Å². The van der Waals surface area contributed by atoms with Crippen LogP contribution in [0.2, 0.25) is 0 Å². The van der Waals surface area contributed by atoms with Crippen LogP contribution in [0.25, 0.3) is 11.1 Å². The van der Waals surface area contributed by atoms with Crippen LogP contribution >= 0.6 is 0 Å². The summed E-state index contributed by atoms with van der Waals surface area (Å²) in [6.07, 6.45) is 0. The minimum Gasteiger partial charge on any atom is -0.493 e. The highest BCUT2D eigenvalue weighted by molar-refractivity contribution is 5.89. The van der Waals surface area contributed by atoms with E-state index in [0.717, 1.165) is 11.1 Å². The largest absolute Gasteiger partial charge is 0.493 e. The first-order valence-corrected chi connectivity index (χ1v) is 7.30. The van der Waals surface area contributed by atoms with Gasteiger partial charge in [0.05, 0.1) is 21.3 Å². The highest BCUT2D eigenvalue weighted by Crippen LogP contribution is 2.55. The molecule has 4 heteroatoms. The first-order chi connectivity index (χ1) is 10.7. The number of methoxy groups -OCH3 is 3. The van der Waals surface area contributed by atoms with E-state index in [2.05, 4.69) is 25.1 Å². The van der Waals surface area contributed by atoms with Gasteiger partial charge in [0.25, 0.3) is 0 Å². The zero-order chi connectivity index (χ0) is 15.9. The van der Waals surface area contributed by atoms with Crippen LogP contribution in [0, 0.1) is 6.92 Å². The van der Waals surface area contributed by atoms with Crippen molar-refractivity contribution in [3.8, 4) is 28.4 Å². The van der Waals surface area contributed by atoms with Gasteiger partial charge in [-0.3, -0.25) is 0 Å². The number of ether oxygens (including phenoxy) is 3. The Labute approximate surface area is 130 Å². The molecule has 0 fully saturated rings. The van der Waals surface area contributed by atoms with Gasteiger partial charge in [-0.05, 0) is 35.2 Å². The monoisotopic (exact) mass is 299 g/mol. The van der Waals surface area contributed by atoms with Crippen LogP contribution < -0.4 is 19.9 Å². The minimum absolute atomic E-state index is 0.151. The maximum Gasteiger partial charge on any atom is 0.203 e. The van der Waals surface area contributed by atoms with Gasteiger partial charge in [-0.2, -0.15) is 0 Å². The SMILES string of the molecule is COc1cc2c(c(OC)c1OC)-c1c(C)cccc1C2CN. The van der Waals surface area contributed by atoms with E-state index in [4.69, 9.17) is 19.9 Å². The van der Waals surface area contributed by atoms with E-state index in [9.17, 15) is 0 Å². The van der Waals surface area contributed by atoms with E-state index in [1.54, 1.807) is 21.3 Å². The molecular formula is C18H21NO3. The lowest BCUT2D eigenvalue weighted by molar-refractivity contribution is 0.325. The molecule has 4 nitrogen and oxygen atoms in total. The molecule has 1 aliphatic carbocycles. The Morgan fingerprint density at radius 1 is 0.955 bits per heavy atom. The first-order valence-electron chi connectivity index (χ1n) is 7.30. The van der Waals surface area contributed by atoms with Crippen molar-refractivity contribution in [1.82, 2.24) is 0 Å². The standard InChI is InChI=1S/C18H21NO3/c1-10-6-5-7-11-13(9-19)12-8-14(20-2)17(21-3)18(22-4)16(12)15(10)11/h5-8,13H,9,19H2,1-4H3. The van der Waals surface area contributed by atoms with Crippen molar-refractivity contribution in [2.75, 3.05) is 27.9 Å². The van der Waals surface area contributed by atoms with Gasteiger partial charge in [0, 0.05) is 18.0 Å². The van der Waals surface area contributed by atoms with Crippen molar-refractivity contribution < 1.29 is 14.2 Å². The van der Waals surface area contributed by atoms with Gasteiger partial charge < -0.3 is 19.9 Å². The quantitative estimate of drug-likeness (QED) is 0.942. The van der Waals surface area contributed by atoms with Gasteiger partial charge in [0.2, 0.25) is 5.75 Å². The first kappa shape index (κ1) is 14.7. The third-order valence-electron chi connectivity index (χ3n) is 4.40. The molecule has 0 bridgehead atoms. The molecule has 22 heavy (non-hydrogen) atoms. The second-order valence-corrected chi connectivity index (χ2v) is 5.44. The van der Waals surface area contributed by atoms with Crippen LogP contribution in [0.15, 0.2) is 24.3 Å². The molecule has 2 N–H and O–H groups in total. The van der Waals surface area contributed by atoms with Crippen LogP contribution in [0.5, 0.6) is 17.2 Å². The Bertz CT molecular complexity index is 725. The molecule has 116 valence electrons. The molecule has 0 aliphatic heterocycles. The molecule has 0 radical (unpaired) electrons. The van der Waals surface area contributed by atoms with E-state index in [0.29, 0.717) is 23.8 Å². The second-order valence-electron chi connectivity index (χ2n) is 5.44. The van der Waals surface area contributed by atoms with E-state index in [-0.39, 0.29) is 5.92 Å². The molecule has 0 spiro atoms. The summed E-state index contributed by atoms with van der Waals surface area (Å²) >= 11 is 0. The van der Waals surface area contributed by atoms with Gasteiger partial charge in [-0.15, -0.1) is 0 Å². The molecule has 1 unspecified atom stereocenters. The molecule has 2 aromatic carbocycles. The number of fused-ring (bicyclic) bond motifs is 3. The summed E-state index contributed by atoms with van der Waals surface area (Å²) in [5.41, 5.74) is 11.9. The van der Waals surface area contributed by atoms with Gasteiger partial charge in [0.15, 0.2) is 11.5 Å². The average Bonchev–Trinajstić information content (AvgIpc) is 2.87. The molecule has 0 aromatic heterocycles. The molecule has 1 atom stereocenters. The lowest BCUT2D eigenvalue weighted by atomic mass is 9.96. The van der Waals surface area contributed by atoms with Crippen molar-refractivity contribution >= 4 is 0 Å². The summed E-state index contributed by atoms with van der Waals surface area (Å²) in [5, 5.41) is 0. The Kier molecular flexibility index (Phi) is 3.71. The summed E-state index contributed by atoms with van der Waals surface area (Å²) in [6.45, 7) is 2.65. The maximum atomic E-state index is 6.05. The zero-order valence-electron chi connectivity index (χ0n) is 13.4. The fraction of sp³-hybridized carbons (Fsp3) is 0.333. The van der Waals surface area contributed by atoms with Gasteiger partial charge >= 0.3 is 0 Å². The fourth-order valence-corrected chi connectivity index (χ4v) is 3.45. The molecule has 0 heterocycles. The van der Waals surface area contributed by atoms with Crippen molar-refractivity contribution in [2.45, 2.75) is 12.8 Å². The summed E-state index contributed by atoms with van der Waals surface area (Å²) < 4.78 is 16.7. The lowest BCUT2D eigenvalue weighted by Crippen LogP contribution is -2.11. The number of benzene rings is 2. The maximum absolute atomic E-state index is 6.05. The van der Waals surface area contributed by atoms with E-state index in [1.807, 2.05) is 6.07 Å². The number of hydrogen-bond donors (Lipinski definition) is 1. The van der Waals surface area contributed by atoms with Crippen LogP contribution in [0.4, 0.5) is 0 Å². The molecule has 0 saturated heterocycles. The Hall–Kier alpha value is -2.20.